The standard InChI is InChI=1S/C14H18ClNO/c1-9-4-5-13(10(2)6-9)11(3)16-8-12(15)7-14(16)17/h4-6,11-12H,7-8H2,1-3H3. The van der Waals surface area contributed by atoms with Crippen molar-refractivity contribution < 1.29 is 4.79 Å². The summed E-state index contributed by atoms with van der Waals surface area (Å²) in [6.45, 7) is 6.91. The fourth-order valence-electron chi connectivity index (χ4n) is 2.52. The minimum atomic E-state index is -0.0318. The van der Waals surface area contributed by atoms with Crippen LogP contribution in [0.25, 0.3) is 0 Å². The van der Waals surface area contributed by atoms with Crippen molar-refractivity contribution in [2.75, 3.05) is 6.54 Å². The minimum absolute atomic E-state index is 0.0318. The Morgan fingerprint density at radius 1 is 1.41 bits per heavy atom. The van der Waals surface area contributed by atoms with Gasteiger partial charge < -0.3 is 4.90 Å². The quantitative estimate of drug-likeness (QED) is 0.740. The van der Waals surface area contributed by atoms with E-state index in [9.17, 15) is 4.79 Å². The zero-order chi connectivity index (χ0) is 12.6. The Bertz CT molecular complexity index is 444. The Morgan fingerprint density at radius 3 is 2.65 bits per heavy atom. The van der Waals surface area contributed by atoms with Crippen LogP contribution >= 0.6 is 11.6 Å². The van der Waals surface area contributed by atoms with E-state index in [0.29, 0.717) is 13.0 Å². The lowest BCUT2D eigenvalue weighted by Gasteiger charge is -2.26. The van der Waals surface area contributed by atoms with Gasteiger partial charge in [-0.15, -0.1) is 11.6 Å². The highest BCUT2D eigenvalue weighted by molar-refractivity contribution is 6.22. The zero-order valence-corrected chi connectivity index (χ0v) is 11.3. The molecule has 17 heavy (non-hydrogen) atoms. The number of alkyl halides is 1. The Kier molecular flexibility index (Phi) is 3.43. The van der Waals surface area contributed by atoms with Crippen LogP contribution < -0.4 is 0 Å². The smallest absolute Gasteiger partial charge is 0.224 e. The van der Waals surface area contributed by atoms with Gasteiger partial charge in [-0.3, -0.25) is 4.79 Å². The lowest BCUT2D eigenvalue weighted by Crippen LogP contribution is -2.29. The molecule has 2 unspecified atom stereocenters. The number of carbonyl (C=O) groups is 1. The summed E-state index contributed by atoms with van der Waals surface area (Å²) in [5, 5.41) is -0.0318. The first-order chi connectivity index (χ1) is 7.99. The van der Waals surface area contributed by atoms with Crippen molar-refractivity contribution in [2.45, 2.75) is 38.6 Å². The van der Waals surface area contributed by atoms with Crippen molar-refractivity contribution in [2.24, 2.45) is 0 Å². The van der Waals surface area contributed by atoms with Crippen LogP contribution in [0.3, 0.4) is 0 Å². The first-order valence-electron chi connectivity index (χ1n) is 5.99. The van der Waals surface area contributed by atoms with E-state index < -0.39 is 0 Å². The van der Waals surface area contributed by atoms with Gasteiger partial charge in [-0.2, -0.15) is 0 Å². The summed E-state index contributed by atoms with van der Waals surface area (Å²) in [7, 11) is 0. The third-order valence-electron chi connectivity index (χ3n) is 3.45. The Balaban J connectivity index is 2.25. The molecule has 0 aromatic heterocycles. The first-order valence-corrected chi connectivity index (χ1v) is 6.43. The molecule has 1 aromatic carbocycles. The molecule has 3 heteroatoms. The molecule has 2 nitrogen and oxygen atoms in total. The van der Waals surface area contributed by atoms with E-state index in [0.717, 1.165) is 0 Å². The van der Waals surface area contributed by atoms with E-state index >= 15 is 0 Å². The van der Waals surface area contributed by atoms with Gasteiger partial charge in [-0.05, 0) is 31.9 Å². The van der Waals surface area contributed by atoms with Gasteiger partial charge in [-0.1, -0.05) is 23.8 Å². The lowest BCUT2D eigenvalue weighted by atomic mass is 9.99. The molecule has 1 amide bonds. The Labute approximate surface area is 108 Å². The van der Waals surface area contributed by atoms with Crippen LogP contribution in [0.2, 0.25) is 0 Å². The lowest BCUT2D eigenvalue weighted by molar-refractivity contribution is -0.129. The van der Waals surface area contributed by atoms with Crippen molar-refractivity contribution in [3.63, 3.8) is 0 Å². The fourth-order valence-corrected chi connectivity index (χ4v) is 2.80. The van der Waals surface area contributed by atoms with Crippen molar-refractivity contribution in [1.29, 1.82) is 0 Å². The number of nitrogens with zero attached hydrogens (tertiary/aromatic N) is 1. The number of hydrogen-bond donors (Lipinski definition) is 0. The molecule has 0 saturated carbocycles. The summed E-state index contributed by atoms with van der Waals surface area (Å²) in [5.74, 6) is 0.164. The van der Waals surface area contributed by atoms with Crippen LogP contribution in [0.1, 0.15) is 36.1 Å². The average molecular weight is 252 g/mol. The molecule has 1 aliphatic rings. The zero-order valence-electron chi connectivity index (χ0n) is 10.5. The van der Waals surface area contributed by atoms with Crippen LogP contribution in [0, 0.1) is 13.8 Å². The van der Waals surface area contributed by atoms with Gasteiger partial charge in [0.05, 0.1) is 11.4 Å². The number of aryl methyl sites for hydroxylation is 2. The third-order valence-corrected chi connectivity index (χ3v) is 3.75. The molecule has 92 valence electrons. The number of rotatable bonds is 2. The van der Waals surface area contributed by atoms with Crippen LogP contribution in [-0.2, 0) is 4.79 Å². The maximum absolute atomic E-state index is 11.8. The molecule has 0 aliphatic carbocycles. The van der Waals surface area contributed by atoms with Crippen molar-refractivity contribution in [3.05, 3.63) is 34.9 Å². The molecule has 1 fully saturated rings. The summed E-state index contributed by atoms with van der Waals surface area (Å²) in [5.41, 5.74) is 3.71. The third kappa shape index (κ3) is 2.47. The Morgan fingerprint density at radius 2 is 2.12 bits per heavy atom. The Hall–Kier alpha value is -1.02. The molecular formula is C14H18ClNO. The maximum Gasteiger partial charge on any atom is 0.224 e. The minimum Gasteiger partial charge on any atom is -0.334 e. The summed E-state index contributed by atoms with van der Waals surface area (Å²) in [6, 6.07) is 6.48. The topological polar surface area (TPSA) is 20.3 Å². The van der Waals surface area contributed by atoms with Crippen LogP contribution in [0.5, 0.6) is 0 Å². The molecule has 0 bridgehead atoms. The second-order valence-electron chi connectivity index (χ2n) is 4.88. The van der Waals surface area contributed by atoms with Crippen LogP contribution in [0.4, 0.5) is 0 Å². The van der Waals surface area contributed by atoms with Gasteiger partial charge in [-0.25, -0.2) is 0 Å². The highest BCUT2D eigenvalue weighted by Gasteiger charge is 2.32. The molecule has 0 spiro atoms. The van der Waals surface area contributed by atoms with Gasteiger partial charge in [0.25, 0.3) is 0 Å². The average Bonchev–Trinajstić information content (AvgIpc) is 2.57. The highest BCUT2D eigenvalue weighted by atomic mass is 35.5. The summed E-state index contributed by atoms with van der Waals surface area (Å²) >= 11 is 6.04. The predicted octanol–water partition coefficient (Wildman–Crippen LogP) is 3.20. The van der Waals surface area contributed by atoms with E-state index in [1.807, 2.05) is 4.90 Å². The number of hydrogen-bond acceptors (Lipinski definition) is 1. The molecule has 0 radical (unpaired) electrons. The van der Waals surface area contributed by atoms with E-state index in [-0.39, 0.29) is 17.3 Å². The number of likely N-dealkylation sites (tertiary alicyclic amines) is 1. The van der Waals surface area contributed by atoms with Gasteiger partial charge in [0.1, 0.15) is 0 Å². The van der Waals surface area contributed by atoms with Gasteiger partial charge in [0, 0.05) is 13.0 Å². The highest BCUT2D eigenvalue weighted by Crippen LogP contribution is 2.29. The second kappa shape index (κ2) is 4.69. The van der Waals surface area contributed by atoms with Gasteiger partial charge in [0.2, 0.25) is 5.91 Å². The summed E-state index contributed by atoms with van der Waals surface area (Å²) in [4.78, 5) is 13.7. The largest absolute Gasteiger partial charge is 0.334 e. The molecular weight excluding hydrogens is 234 g/mol. The van der Waals surface area contributed by atoms with Crippen molar-refractivity contribution >= 4 is 17.5 Å². The number of amides is 1. The van der Waals surface area contributed by atoms with Gasteiger partial charge in [0.15, 0.2) is 0 Å². The molecule has 1 heterocycles. The van der Waals surface area contributed by atoms with Gasteiger partial charge >= 0.3 is 0 Å². The second-order valence-corrected chi connectivity index (χ2v) is 5.50. The number of carbonyl (C=O) groups excluding carboxylic acids is 1. The molecule has 2 atom stereocenters. The van der Waals surface area contributed by atoms with Crippen molar-refractivity contribution in [3.8, 4) is 0 Å². The summed E-state index contributed by atoms with van der Waals surface area (Å²) < 4.78 is 0. The normalized spacial score (nSPS) is 22.0. The molecule has 1 aliphatic heterocycles. The molecule has 0 N–H and O–H groups in total. The van der Waals surface area contributed by atoms with E-state index in [1.165, 1.54) is 16.7 Å². The molecule has 1 aromatic rings. The monoisotopic (exact) mass is 251 g/mol. The maximum atomic E-state index is 11.8. The number of benzene rings is 1. The van der Waals surface area contributed by atoms with E-state index in [1.54, 1.807) is 0 Å². The molecule has 1 saturated heterocycles. The van der Waals surface area contributed by atoms with Crippen LogP contribution in [-0.4, -0.2) is 22.7 Å². The predicted molar refractivity (Wildman–Crippen MR) is 70.3 cm³/mol. The van der Waals surface area contributed by atoms with E-state index in [4.69, 9.17) is 11.6 Å². The first kappa shape index (κ1) is 12.4. The van der Waals surface area contributed by atoms with Crippen LogP contribution in [0.15, 0.2) is 18.2 Å². The summed E-state index contributed by atoms with van der Waals surface area (Å²) in [6.07, 6.45) is 0.469. The fraction of sp³-hybridized carbons (Fsp3) is 0.500. The number of halogens is 1. The van der Waals surface area contributed by atoms with Crippen molar-refractivity contribution in [1.82, 2.24) is 4.90 Å². The molecule has 2 rings (SSSR count). The SMILES string of the molecule is Cc1ccc(C(C)N2CC(Cl)CC2=O)c(C)c1. The van der Waals surface area contributed by atoms with E-state index in [2.05, 4.69) is 39.0 Å².